The molecule has 8 heteroatoms. The summed E-state index contributed by atoms with van der Waals surface area (Å²) in [5, 5.41) is 11.2. The average Bonchev–Trinajstić information content (AvgIpc) is 2.99. The maximum atomic E-state index is 12.7. The van der Waals surface area contributed by atoms with Crippen LogP contribution >= 0.6 is 0 Å². The van der Waals surface area contributed by atoms with Crippen LogP contribution in [0.1, 0.15) is 20.7 Å². The molecule has 3 aromatic rings. The van der Waals surface area contributed by atoms with Crippen molar-refractivity contribution < 1.29 is 24.0 Å². The summed E-state index contributed by atoms with van der Waals surface area (Å²) in [6, 6.07) is 17.4. The highest BCUT2D eigenvalue weighted by Gasteiger charge is 2.41. The van der Waals surface area contributed by atoms with Gasteiger partial charge in [0.25, 0.3) is 17.5 Å². The lowest BCUT2D eigenvalue weighted by Crippen LogP contribution is -2.29. The van der Waals surface area contributed by atoms with E-state index >= 15 is 0 Å². The van der Waals surface area contributed by atoms with Crippen LogP contribution in [0.4, 0.5) is 11.4 Å². The molecule has 0 saturated carbocycles. The van der Waals surface area contributed by atoms with Crippen LogP contribution in [0.5, 0.6) is 17.2 Å². The fraction of sp³-hybridized carbons (Fsp3) is 0.0476. The van der Waals surface area contributed by atoms with Gasteiger partial charge < -0.3 is 9.47 Å². The second-order valence-electron chi connectivity index (χ2n) is 6.15. The van der Waals surface area contributed by atoms with Crippen LogP contribution in [0.25, 0.3) is 0 Å². The van der Waals surface area contributed by atoms with Gasteiger partial charge in [-0.1, -0.05) is 18.2 Å². The number of rotatable bonds is 5. The van der Waals surface area contributed by atoms with E-state index in [1.807, 2.05) is 6.07 Å². The first-order valence-corrected chi connectivity index (χ1v) is 8.58. The number of ether oxygens (including phenoxy) is 2. The van der Waals surface area contributed by atoms with E-state index in [2.05, 4.69) is 0 Å². The minimum absolute atomic E-state index is 0.0125. The Hall–Kier alpha value is -4.20. The molecule has 1 aliphatic heterocycles. The zero-order valence-corrected chi connectivity index (χ0v) is 15.2. The first-order valence-electron chi connectivity index (χ1n) is 8.58. The lowest BCUT2D eigenvalue weighted by molar-refractivity contribution is -0.385. The lowest BCUT2D eigenvalue weighted by Gasteiger charge is -2.15. The van der Waals surface area contributed by atoms with Crippen molar-refractivity contribution in [3.8, 4) is 17.2 Å². The molecule has 1 aliphatic rings. The van der Waals surface area contributed by atoms with Gasteiger partial charge in [-0.3, -0.25) is 19.7 Å². The third-order valence-electron chi connectivity index (χ3n) is 4.48. The Bertz CT molecular complexity index is 1140. The number of para-hydroxylation sites is 2. The molecule has 0 fully saturated rings. The van der Waals surface area contributed by atoms with Gasteiger partial charge in [0.05, 0.1) is 23.3 Å². The van der Waals surface area contributed by atoms with E-state index in [1.54, 1.807) is 30.3 Å². The highest BCUT2D eigenvalue weighted by atomic mass is 16.6. The van der Waals surface area contributed by atoms with Crippen LogP contribution in [-0.4, -0.2) is 23.8 Å². The van der Waals surface area contributed by atoms with Crippen molar-refractivity contribution in [3.63, 3.8) is 0 Å². The smallest absolute Gasteiger partial charge is 0.283 e. The minimum atomic E-state index is -0.726. The molecule has 4 rings (SSSR count). The summed E-state index contributed by atoms with van der Waals surface area (Å²) in [6.07, 6.45) is 0. The molecule has 2 amide bonds. The first-order chi connectivity index (χ1) is 14.0. The maximum absolute atomic E-state index is 12.7. The number of methoxy groups -OCH3 is 1. The molecule has 8 nitrogen and oxygen atoms in total. The van der Waals surface area contributed by atoms with Crippen LogP contribution in [-0.2, 0) is 0 Å². The molecular weight excluding hydrogens is 376 g/mol. The van der Waals surface area contributed by atoms with Crippen molar-refractivity contribution in [2.75, 3.05) is 12.0 Å². The van der Waals surface area contributed by atoms with E-state index in [0.29, 0.717) is 17.2 Å². The molecule has 144 valence electrons. The van der Waals surface area contributed by atoms with E-state index < -0.39 is 16.7 Å². The van der Waals surface area contributed by atoms with Crippen molar-refractivity contribution in [2.24, 2.45) is 0 Å². The van der Waals surface area contributed by atoms with Crippen LogP contribution in [0, 0.1) is 10.1 Å². The van der Waals surface area contributed by atoms with Crippen LogP contribution < -0.4 is 14.4 Å². The van der Waals surface area contributed by atoms with Crippen molar-refractivity contribution in [1.82, 2.24) is 0 Å². The Kier molecular flexibility index (Phi) is 4.44. The Morgan fingerprint density at radius 3 is 2.21 bits per heavy atom. The number of hydrogen-bond donors (Lipinski definition) is 0. The zero-order chi connectivity index (χ0) is 20.5. The fourth-order valence-corrected chi connectivity index (χ4v) is 3.15. The summed E-state index contributed by atoms with van der Waals surface area (Å²) >= 11 is 0. The van der Waals surface area contributed by atoms with Crippen LogP contribution in [0.3, 0.4) is 0 Å². The quantitative estimate of drug-likeness (QED) is 0.368. The normalized spacial score (nSPS) is 12.7. The Balaban J connectivity index is 1.63. The van der Waals surface area contributed by atoms with Crippen molar-refractivity contribution in [3.05, 3.63) is 88.0 Å². The Morgan fingerprint density at radius 2 is 1.55 bits per heavy atom. The summed E-state index contributed by atoms with van der Waals surface area (Å²) < 4.78 is 11.0. The Labute approximate surface area is 165 Å². The predicted octanol–water partition coefficient (Wildman–Crippen LogP) is 4.20. The summed E-state index contributed by atoms with van der Waals surface area (Å²) in [6.45, 7) is 0. The molecule has 0 N–H and O–H groups in total. The molecule has 0 atom stereocenters. The molecular formula is C21H14N2O6. The molecule has 3 aromatic carbocycles. The number of nitro benzene ring substituents is 1. The number of benzene rings is 3. The summed E-state index contributed by atoms with van der Waals surface area (Å²) in [4.78, 5) is 36.9. The first kappa shape index (κ1) is 18.2. The maximum Gasteiger partial charge on any atom is 0.283 e. The number of amides is 2. The van der Waals surface area contributed by atoms with E-state index in [4.69, 9.17) is 9.47 Å². The van der Waals surface area contributed by atoms with Crippen molar-refractivity contribution in [1.29, 1.82) is 0 Å². The molecule has 0 unspecified atom stereocenters. The van der Waals surface area contributed by atoms with Crippen molar-refractivity contribution in [2.45, 2.75) is 0 Å². The van der Waals surface area contributed by atoms with Gasteiger partial charge in [0.1, 0.15) is 11.3 Å². The summed E-state index contributed by atoms with van der Waals surface area (Å²) in [7, 11) is 1.53. The fourth-order valence-electron chi connectivity index (χ4n) is 3.15. The Morgan fingerprint density at radius 1 is 0.862 bits per heavy atom. The number of hydrogen-bond acceptors (Lipinski definition) is 6. The van der Waals surface area contributed by atoms with Crippen LogP contribution in [0.15, 0.2) is 66.7 Å². The van der Waals surface area contributed by atoms with Gasteiger partial charge in [0, 0.05) is 6.07 Å². The highest BCUT2D eigenvalue weighted by molar-refractivity contribution is 6.35. The number of carbonyl (C=O) groups excluding carboxylic acids is 2. The number of carbonyl (C=O) groups is 2. The third-order valence-corrected chi connectivity index (χ3v) is 4.48. The number of nitrogens with zero attached hydrogens (tertiary/aromatic N) is 2. The van der Waals surface area contributed by atoms with E-state index in [9.17, 15) is 19.7 Å². The highest BCUT2D eigenvalue weighted by Crippen LogP contribution is 2.36. The van der Waals surface area contributed by atoms with Gasteiger partial charge in [-0.05, 0) is 42.5 Å². The molecule has 0 aromatic heterocycles. The van der Waals surface area contributed by atoms with Gasteiger partial charge in [-0.15, -0.1) is 0 Å². The van der Waals surface area contributed by atoms with Crippen LogP contribution in [0.2, 0.25) is 0 Å². The standard InChI is InChI=1S/C21H14N2O6/c1-28-17-7-2-3-8-18(17)29-14-11-9-13(10-12-14)22-20(24)15-5-4-6-16(23(26)27)19(15)21(22)25/h2-12H,1H3. The van der Waals surface area contributed by atoms with Gasteiger partial charge in [0.15, 0.2) is 11.5 Å². The monoisotopic (exact) mass is 390 g/mol. The predicted molar refractivity (Wildman–Crippen MR) is 104 cm³/mol. The van der Waals surface area contributed by atoms with Gasteiger partial charge in [-0.25, -0.2) is 4.90 Å². The SMILES string of the molecule is COc1ccccc1Oc1ccc(N2C(=O)c3cccc([N+](=O)[O-])c3C2=O)cc1. The summed E-state index contributed by atoms with van der Waals surface area (Å²) in [5.74, 6) is 0.215. The van der Waals surface area contributed by atoms with Crippen molar-refractivity contribution >= 4 is 23.2 Å². The molecule has 29 heavy (non-hydrogen) atoms. The third kappa shape index (κ3) is 3.06. The van der Waals surface area contributed by atoms with E-state index in [0.717, 1.165) is 4.90 Å². The number of fused-ring (bicyclic) bond motifs is 1. The number of anilines is 1. The zero-order valence-electron chi connectivity index (χ0n) is 15.2. The van der Waals surface area contributed by atoms with E-state index in [-0.39, 0.29) is 22.5 Å². The molecule has 1 heterocycles. The lowest BCUT2D eigenvalue weighted by atomic mass is 10.1. The average molecular weight is 390 g/mol. The molecule has 0 aliphatic carbocycles. The van der Waals surface area contributed by atoms with E-state index in [1.165, 1.54) is 37.4 Å². The van der Waals surface area contributed by atoms with Gasteiger partial charge in [-0.2, -0.15) is 0 Å². The minimum Gasteiger partial charge on any atom is -0.493 e. The number of nitro groups is 1. The molecule has 0 saturated heterocycles. The largest absolute Gasteiger partial charge is 0.493 e. The summed E-state index contributed by atoms with van der Waals surface area (Å²) in [5.41, 5.74) is -0.284. The van der Waals surface area contributed by atoms with Gasteiger partial charge in [0.2, 0.25) is 0 Å². The van der Waals surface area contributed by atoms with Gasteiger partial charge >= 0.3 is 0 Å². The second-order valence-corrected chi connectivity index (χ2v) is 6.15. The number of imide groups is 1. The molecule has 0 bridgehead atoms. The second kappa shape index (κ2) is 7.08. The molecule has 0 spiro atoms. The molecule has 0 radical (unpaired) electrons. The topological polar surface area (TPSA) is 99.0 Å².